The van der Waals surface area contributed by atoms with Crippen molar-refractivity contribution in [1.29, 1.82) is 0 Å². The van der Waals surface area contributed by atoms with Crippen LogP contribution in [0.5, 0.6) is 5.75 Å². The minimum Gasteiger partial charge on any atom is -0.492 e. The molecule has 0 saturated heterocycles. The molecule has 0 fully saturated rings. The molecule has 2 N–H and O–H groups in total. The lowest BCUT2D eigenvalue weighted by atomic mass is 10.0. The molecule has 0 amide bonds. The lowest BCUT2D eigenvalue weighted by Crippen LogP contribution is -1.90. The third kappa shape index (κ3) is 3.20. The van der Waals surface area contributed by atoms with E-state index in [1.54, 1.807) is 7.11 Å². The maximum absolute atomic E-state index is 5.76. The highest BCUT2D eigenvalue weighted by atomic mass is 16.5. The average molecular weight is 416 g/mol. The van der Waals surface area contributed by atoms with Crippen molar-refractivity contribution >= 4 is 46.4 Å². The molecule has 5 heterocycles. The largest absolute Gasteiger partial charge is 0.492 e. The van der Waals surface area contributed by atoms with Crippen LogP contribution >= 0.6 is 0 Å². The summed E-state index contributed by atoms with van der Waals surface area (Å²) in [6, 6.07) is 22.5. The van der Waals surface area contributed by atoms with Gasteiger partial charge in [-0.25, -0.2) is 9.97 Å². The smallest absolute Gasteiger partial charge is 0.167 e. The van der Waals surface area contributed by atoms with Crippen LogP contribution in [0.2, 0.25) is 0 Å². The molecule has 32 heavy (non-hydrogen) atoms. The maximum atomic E-state index is 5.76. The Hall–Kier alpha value is -4.38. The summed E-state index contributed by atoms with van der Waals surface area (Å²) in [7, 11) is 1.67. The summed E-state index contributed by atoms with van der Waals surface area (Å²) in [6.07, 6.45) is 8.11. The van der Waals surface area contributed by atoms with E-state index in [4.69, 9.17) is 14.7 Å². The molecule has 2 aliphatic rings. The van der Waals surface area contributed by atoms with E-state index in [1.807, 2.05) is 54.6 Å². The molecule has 0 radical (unpaired) electrons. The van der Waals surface area contributed by atoms with Gasteiger partial charge in [0.15, 0.2) is 5.75 Å². The highest BCUT2D eigenvalue weighted by molar-refractivity contribution is 5.90. The molecule has 0 aliphatic carbocycles. The molecule has 0 saturated carbocycles. The van der Waals surface area contributed by atoms with Crippen molar-refractivity contribution in [3.63, 3.8) is 0 Å². The Morgan fingerprint density at radius 3 is 2.19 bits per heavy atom. The lowest BCUT2D eigenvalue weighted by molar-refractivity contribution is 0.416. The number of methoxy groups -OCH3 is 1. The first-order valence-corrected chi connectivity index (χ1v) is 10.5. The average Bonchev–Trinajstić information content (AvgIpc) is 3.60. The summed E-state index contributed by atoms with van der Waals surface area (Å²) in [6.45, 7) is 0. The number of nitrogens with one attached hydrogen (secondary N) is 2. The topological polar surface area (TPSA) is 66.6 Å². The molecule has 5 heteroatoms. The number of aromatic amines is 2. The second kappa shape index (κ2) is 7.39. The first-order valence-electron chi connectivity index (χ1n) is 10.5. The van der Waals surface area contributed by atoms with Crippen molar-refractivity contribution in [3.05, 3.63) is 89.5 Å². The molecule has 5 nitrogen and oxygen atoms in total. The quantitative estimate of drug-likeness (QED) is 0.346. The van der Waals surface area contributed by atoms with Gasteiger partial charge in [0.25, 0.3) is 0 Å². The fraction of sp³-hybridized carbons (Fsp3) is 0.0370. The zero-order valence-electron chi connectivity index (χ0n) is 17.5. The zero-order valence-corrected chi connectivity index (χ0v) is 17.5. The van der Waals surface area contributed by atoms with E-state index in [1.165, 1.54) is 0 Å². The van der Waals surface area contributed by atoms with E-state index < -0.39 is 0 Å². The Morgan fingerprint density at radius 1 is 0.656 bits per heavy atom. The fourth-order valence-electron chi connectivity index (χ4n) is 4.16. The van der Waals surface area contributed by atoms with Crippen LogP contribution in [-0.4, -0.2) is 27.0 Å². The summed E-state index contributed by atoms with van der Waals surface area (Å²) in [4.78, 5) is 16.7. The number of aromatic nitrogens is 4. The molecular formula is C27H20N4O. The number of hydrogen-bond acceptors (Lipinski definition) is 3. The van der Waals surface area contributed by atoms with Crippen LogP contribution < -0.4 is 4.74 Å². The van der Waals surface area contributed by atoms with Crippen LogP contribution in [-0.2, 0) is 0 Å². The van der Waals surface area contributed by atoms with Crippen LogP contribution in [0.3, 0.4) is 0 Å². The van der Waals surface area contributed by atoms with Gasteiger partial charge in [0.05, 0.1) is 29.7 Å². The van der Waals surface area contributed by atoms with E-state index in [0.29, 0.717) is 5.75 Å². The van der Waals surface area contributed by atoms with E-state index in [2.05, 4.69) is 46.4 Å². The highest BCUT2D eigenvalue weighted by Crippen LogP contribution is 2.33. The van der Waals surface area contributed by atoms with Gasteiger partial charge in [0, 0.05) is 22.1 Å². The predicted octanol–water partition coefficient (Wildman–Crippen LogP) is 6.33. The molecule has 0 atom stereocenters. The minimum absolute atomic E-state index is 0.701. The predicted molar refractivity (Wildman–Crippen MR) is 131 cm³/mol. The van der Waals surface area contributed by atoms with Gasteiger partial charge in [-0.15, -0.1) is 0 Å². The highest BCUT2D eigenvalue weighted by Gasteiger charge is 2.15. The van der Waals surface area contributed by atoms with Crippen LogP contribution in [0.15, 0.2) is 66.7 Å². The number of hydrogen-bond donors (Lipinski definition) is 2. The first-order chi connectivity index (χ1) is 15.8. The summed E-state index contributed by atoms with van der Waals surface area (Å²) in [5.74, 6) is 0.701. The molecule has 0 spiro atoms. The molecule has 0 unspecified atom stereocenters. The van der Waals surface area contributed by atoms with Gasteiger partial charge in [0.2, 0.25) is 0 Å². The Bertz CT molecular complexity index is 1560. The summed E-state index contributed by atoms with van der Waals surface area (Å²) in [5, 5.41) is 0. The molecule has 2 aliphatic heterocycles. The Labute approximate surface area is 184 Å². The molecular weight excluding hydrogens is 396 g/mol. The van der Waals surface area contributed by atoms with Crippen LogP contribution in [0.4, 0.5) is 0 Å². The van der Waals surface area contributed by atoms with Gasteiger partial charge in [-0.2, -0.15) is 0 Å². The number of ether oxygens (including phenoxy) is 1. The summed E-state index contributed by atoms with van der Waals surface area (Å²) < 4.78 is 5.76. The van der Waals surface area contributed by atoms with Gasteiger partial charge in [0.1, 0.15) is 5.69 Å². The van der Waals surface area contributed by atoms with Crippen LogP contribution in [0.1, 0.15) is 22.8 Å². The van der Waals surface area contributed by atoms with E-state index >= 15 is 0 Å². The fourth-order valence-corrected chi connectivity index (χ4v) is 4.16. The van der Waals surface area contributed by atoms with Crippen molar-refractivity contribution < 1.29 is 4.74 Å². The van der Waals surface area contributed by atoms with Crippen molar-refractivity contribution in [3.8, 4) is 16.9 Å². The molecule has 4 aromatic rings. The SMILES string of the molecule is COc1c2nc(c(-c3ccccc3)c3nc(cc4ccc(cc5ccc1[nH]5)[nH]4)C=C3)C=C2. The second-order valence-electron chi connectivity index (χ2n) is 7.73. The normalized spacial score (nSPS) is 12.3. The number of nitrogens with zero attached hydrogens (tertiary/aromatic N) is 2. The Kier molecular flexibility index (Phi) is 4.25. The van der Waals surface area contributed by atoms with Gasteiger partial charge in [-0.05, 0) is 66.3 Å². The van der Waals surface area contributed by atoms with E-state index in [-0.39, 0.29) is 0 Å². The zero-order chi connectivity index (χ0) is 21.5. The Balaban J connectivity index is 1.76. The number of benzene rings is 1. The monoisotopic (exact) mass is 416 g/mol. The van der Waals surface area contributed by atoms with Crippen molar-refractivity contribution in [2.45, 2.75) is 0 Å². The van der Waals surface area contributed by atoms with Crippen molar-refractivity contribution in [2.75, 3.05) is 7.11 Å². The summed E-state index contributed by atoms with van der Waals surface area (Å²) >= 11 is 0. The third-order valence-corrected chi connectivity index (χ3v) is 5.61. The van der Waals surface area contributed by atoms with Crippen molar-refractivity contribution in [2.24, 2.45) is 0 Å². The van der Waals surface area contributed by atoms with Gasteiger partial charge in [-0.3, -0.25) is 0 Å². The second-order valence-corrected chi connectivity index (χ2v) is 7.73. The number of rotatable bonds is 2. The lowest BCUT2D eigenvalue weighted by Gasteiger charge is -2.04. The first kappa shape index (κ1) is 18.4. The summed E-state index contributed by atoms with van der Waals surface area (Å²) in [5.41, 5.74) is 9.34. The molecule has 1 aromatic carbocycles. The molecule has 3 aromatic heterocycles. The molecule has 154 valence electrons. The molecule has 6 rings (SSSR count). The molecule has 8 bridgehead atoms. The third-order valence-electron chi connectivity index (χ3n) is 5.61. The Morgan fingerprint density at radius 2 is 1.34 bits per heavy atom. The van der Waals surface area contributed by atoms with Gasteiger partial charge < -0.3 is 14.7 Å². The number of fused-ring (bicyclic) bond motifs is 8. The van der Waals surface area contributed by atoms with E-state index in [9.17, 15) is 0 Å². The minimum atomic E-state index is 0.701. The maximum Gasteiger partial charge on any atom is 0.167 e. The van der Waals surface area contributed by atoms with Crippen LogP contribution in [0, 0.1) is 0 Å². The number of H-pyrrole nitrogens is 2. The van der Waals surface area contributed by atoms with Crippen LogP contribution in [0.25, 0.3) is 57.5 Å². The standard InChI is InChI=1S/C27H20N4O/c1-32-27-24-12-10-21(30-24)16-19-8-7-18(28-19)15-20-9-11-22(29-20)26(17-5-3-2-4-6-17)23-13-14-25(27)31-23/h2-16,28,30H,1H3. The van der Waals surface area contributed by atoms with Gasteiger partial charge >= 0.3 is 0 Å². The van der Waals surface area contributed by atoms with Gasteiger partial charge in [-0.1, -0.05) is 30.3 Å². The van der Waals surface area contributed by atoms with E-state index in [0.717, 1.165) is 56.0 Å². The van der Waals surface area contributed by atoms with Crippen molar-refractivity contribution in [1.82, 2.24) is 19.9 Å².